The van der Waals surface area contributed by atoms with Crippen LogP contribution >= 0.6 is 0 Å². The molecule has 0 aliphatic heterocycles. The third kappa shape index (κ3) is 5.56. The molecule has 0 aliphatic carbocycles. The zero-order valence-corrected chi connectivity index (χ0v) is 21.8. The van der Waals surface area contributed by atoms with E-state index in [1.165, 1.54) is 12.1 Å². The van der Waals surface area contributed by atoms with Gasteiger partial charge in [0.1, 0.15) is 5.82 Å². The van der Waals surface area contributed by atoms with E-state index in [0.717, 1.165) is 0 Å². The van der Waals surface area contributed by atoms with Crippen LogP contribution in [0.25, 0.3) is 11.1 Å². The van der Waals surface area contributed by atoms with Crippen LogP contribution in [0.4, 0.5) is 4.39 Å². The minimum atomic E-state index is -2.11. The Bertz CT molecular complexity index is 950. The molecule has 7 heteroatoms. The molecule has 0 amide bonds. The molecule has 0 spiro atoms. The molecule has 0 atom stereocenters. The summed E-state index contributed by atoms with van der Waals surface area (Å²) in [5.41, 5.74) is 2.93. The highest BCUT2D eigenvalue weighted by atomic mass is 28.4. The highest BCUT2D eigenvalue weighted by Gasteiger charge is 2.38. The number of aromatic nitrogens is 1. The number of hydrogen-bond donors (Lipinski definition) is 0. The van der Waals surface area contributed by atoms with Crippen molar-refractivity contribution in [3.63, 3.8) is 0 Å². The molecule has 1 aromatic carbocycles. The van der Waals surface area contributed by atoms with Crippen molar-refractivity contribution in [3.8, 4) is 17.0 Å². The van der Waals surface area contributed by atoms with Crippen molar-refractivity contribution in [2.45, 2.75) is 72.2 Å². The fraction of sp³-hybridized carbons (Fsp3) is 0.520. The van der Waals surface area contributed by atoms with Gasteiger partial charge in [0, 0.05) is 11.1 Å². The smallest absolute Gasteiger partial charge is 0.340 e. The van der Waals surface area contributed by atoms with Gasteiger partial charge in [0.2, 0.25) is 5.88 Å². The molecule has 176 valence electrons. The van der Waals surface area contributed by atoms with E-state index in [1.54, 1.807) is 26.2 Å². The van der Waals surface area contributed by atoms with Gasteiger partial charge < -0.3 is 13.9 Å². The summed E-state index contributed by atoms with van der Waals surface area (Å²) in [4.78, 5) is 17.8. The average Bonchev–Trinajstić information content (AvgIpc) is 2.71. The first-order valence-electron chi connectivity index (χ1n) is 11.0. The Morgan fingerprint density at radius 1 is 1.16 bits per heavy atom. The van der Waals surface area contributed by atoms with Crippen molar-refractivity contribution in [3.05, 3.63) is 46.9 Å². The van der Waals surface area contributed by atoms with Crippen LogP contribution in [0.3, 0.4) is 0 Å². The third-order valence-electron chi connectivity index (χ3n) is 6.02. The number of hydrogen-bond acceptors (Lipinski definition) is 5. The largest absolute Gasteiger partial charge is 0.481 e. The lowest BCUT2D eigenvalue weighted by atomic mass is 9.91. The third-order valence-corrected chi connectivity index (χ3v) is 10.5. The number of rotatable bonds is 8. The van der Waals surface area contributed by atoms with Crippen LogP contribution in [0, 0.1) is 5.82 Å². The van der Waals surface area contributed by atoms with Gasteiger partial charge in [-0.3, -0.25) is 0 Å². The molecule has 0 aliphatic rings. The van der Waals surface area contributed by atoms with Crippen LogP contribution in [-0.2, 0) is 15.8 Å². The maximum absolute atomic E-state index is 13.7. The van der Waals surface area contributed by atoms with E-state index in [4.69, 9.17) is 18.9 Å². The number of ether oxygens (including phenoxy) is 2. The Morgan fingerprint density at radius 3 is 2.22 bits per heavy atom. The first-order chi connectivity index (χ1) is 14.8. The number of methoxy groups -OCH3 is 1. The van der Waals surface area contributed by atoms with Crippen molar-refractivity contribution in [1.29, 1.82) is 0 Å². The molecule has 32 heavy (non-hydrogen) atoms. The van der Waals surface area contributed by atoms with E-state index in [0.29, 0.717) is 33.8 Å². The van der Waals surface area contributed by atoms with Gasteiger partial charge in [0.05, 0.1) is 31.6 Å². The van der Waals surface area contributed by atoms with Gasteiger partial charge in [0.15, 0.2) is 8.32 Å². The van der Waals surface area contributed by atoms with E-state index >= 15 is 0 Å². The number of pyridine rings is 1. The maximum Gasteiger partial charge on any atom is 0.340 e. The zero-order valence-electron chi connectivity index (χ0n) is 20.8. The minimum Gasteiger partial charge on any atom is -0.481 e. The fourth-order valence-corrected chi connectivity index (χ4v) is 4.09. The number of esters is 1. The minimum absolute atomic E-state index is 0.00550. The Hall–Kier alpha value is -2.25. The lowest BCUT2D eigenvalue weighted by Gasteiger charge is -2.36. The standard InChI is InChI=1S/C25H36FNO4Si/c1-10-30-24(28)21-20(17-11-13-18(26)14-12-17)19(15-31-32(8,9)25(4,5)6)23(29-7)27-22(21)16(2)3/h11-14,16H,10,15H2,1-9H3. The molecule has 0 fully saturated rings. The molecule has 0 saturated carbocycles. The first kappa shape index (κ1) is 26.0. The normalized spacial score (nSPS) is 12.2. The summed E-state index contributed by atoms with van der Waals surface area (Å²) < 4.78 is 31.3. The molecule has 0 radical (unpaired) electrons. The molecule has 1 aromatic heterocycles. The number of nitrogens with zero attached hydrogens (tertiary/aromatic N) is 1. The Balaban J connectivity index is 2.84. The van der Waals surface area contributed by atoms with E-state index in [9.17, 15) is 9.18 Å². The summed E-state index contributed by atoms with van der Waals surface area (Å²) in [6.45, 7) is 17.0. The lowest BCUT2D eigenvalue weighted by molar-refractivity contribution is 0.0524. The van der Waals surface area contributed by atoms with Crippen LogP contribution < -0.4 is 4.74 Å². The summed E-state index contributed by atoms with van der Waals surface area (Å²) in [6, 6.07) is 6.08. The number of benzene rings is 1. The molecule has 5 nitrogen and oxygen atoms in total. The Kier molecular flexibility index (Phi) is 8.23. The maximum atomic E-state index is 13.7. The van der Waals surface area contributed by atoms with Gasteiger partial charge in [-0.2, -0.15) is 0 Å². The predicted molar refractivity (Wildman–Crippen MR) is 128 cm³/mol. The van der Waals surface area contributed by atoms with Crippen molar-refractivity contribution < 1.29 is 23.1 Å². The fourth-order valence-electron chi connectivity index (χ4n) is 3.15. The average molecular weight is 462 g/mol. The zero-order chi connectivity index (χ0) is 24.3. The van der Waals surface area contributed by atoms with Crippen molar-refractivity contribution in [2.24, 2.45) is 0 Å². The van der Waals surface area contributed by atoms with Crippen molar-refractivity contribution in [2.75, 3.05) is 13.7 Å². The van der Waals surface area contributed by atoms with Crippen molar-refractivity contribution in [1.82, 2.24) is 4.98 Å². The summed E-state index contributed by atoms with van der Waals surface area (Å²) >= 11 is 0. The second-order valence-electron chi connectivity index (χ2n) is 9.67. The van der Waals surface area contributed by atoms with Gasteiger partial charge in [-0.15, -0.1) is 0 Å². The van der Waals surface area contributed by atoms with Crippen LogP contribution in [0.2, 0.25) is 18.1 Å². The van der Waals surface area contributed by atoms with E-state index in [-0.39, 0.29) is 30.0 Å². The van der Waals surface area contributed by atoms with Gasteiger partial charge in [-0.05, 0) is 48.7 Å². The number of carbonyl (C=O) groups excluding carboxylic acids is 1. The predicted octanol–water partition coefficient (Wildman–Crippen LogP) is 6.72. The molecule has 2 rings (SSSR count). The molecule has 2 aromatic rings. The molecule has 0 saturated heterocycles. The van der Waals surface area contributed by atoms with E-state index in [2.05, 4.69) is 33.9 Å². The first-order valence-corrected chi connectivity index (χ1v) is 13.9. The van der Waals surface area contributed by atoms with Gasteiger partial charge in [-0.1, -0.05) is 46.8 Å². The SMILES string of the molecule is CCOC(=O)c1c(C(C)C)nc(OC)c(CO[Si](C)(C)C(C)(C)C)c1-c1ccc(F)cc1. The van der Waals surface area contributed by atoms with Crippen molar-refractivity contribution >= 4 is 14.3 Å². The van der Waals surface area contributed by atoms with Crippen LogP contribution in [0.15, 0.2) is 24.3 Å². The summed E-state index contributed by atoms with van der Waals surface area (Å²) in [5, 5.41) is 0.00550. The summed E-state index contributed by atoms with van der Waals surface area (Å²) in [7, 11) is -0.555. The van der Waals surface area contributed by atoms with E-state index < -0.39 is 14.3 Å². The second-order valence-corrected chi connectivity index (χ2v) is 14.5. The molecular formula is C25H36FNO4Si. The lowest BCUT2D eigenvalue weighted by Crippen LogP contribution is -2.40. The highest BCUT2D eigenvalue weighted by molar-refractivity contribution is 6.74. The van der Waals surface area contributed by atoms with Gasteiger partial charge in [-0.25, -0.2) is 14.2 Å². The molecular weight excluding hydrogens is 425 g/mol. The van der Waals surface area contributed by atoms with Gasteiger partial charge in [0.25, 0.3) is 0 Å². The molecule has 0 unspecified atom stereocenters. The van der Waals surface area contributed by atoms with E-state index in [1.807, 2.05) is 13.8 Å². The number of carbonyl (C=O) groups is 1. The highest BCUT2D eigenvalue weighted by Crippen LogP contribution is 2.41. The van der Waals surface area contributed by atoms with Gasteiger partial charge >= 0.3 is 5.97 Å². The number of halogens is 1. The summed E-state index contributed by atoms with van der Waals surface area (Å²) in [5.74, 6) is -0.465. The quantitative estimate of drug-likeness (QED) is 0.323. The monoisotopic (exact) mass is 461 g/mol. The molecule has 1 heterocycles. The van der Waals surface area contributed by atoms with Crippen LogP contribution in [0.1, 0.15) is 69.1 Å². The summed E-state index contributed by atoms with van der Waals surface area (Å²) in [6.07, 6.45) is 0. The Morgan fingerprint density at radius 2 is 1.75 bits per heavy atom. The van der Waals surface area contributed by atoms with Crippen LogP contribution in [0.5, 0.6) is 5.88 Å². The molecule has 0 bridgehead atoms. The Labute approximate surface area is 192 Å². The van der Waals surface area contributed by atoms with Crippen LogP contribution in [-0.4, -0.2) is 33.0 Å². The second kappa shape index (κ2) is 10.1. The topological polar surface area (TPSA) is 57.7 Å². The molecule has 0 N–H and O–H groups in total.